The quantitative estimate of drug-likeness (QED) is 0.837. The van der Waals surface area contributed by atoms with E-state index in [1.54, 1.807) is 20.0 Å². The highest BCUT2D eigenvalue weighted by molar-refractivity contribution is 6.12. The average Bonchev–Trinajstić information content (AvgIpc) is 2.94. The lowest BCUT2D eigenvalue weighted by Crippen LogP contribution is -2.29. The summed E-state index contributed by atoms with van der Waals surface area (Å²) in [5, 5.41) is 9.32. The van der Waals surface area contributed by atoms with Gasteiger partial charge in [-0.15, -0.1) is 0 Å². The van der Waals surface area contributed by atoms with Gasteiger partial charge in [0.1, 0.15) is 11.6 Å². The van der Waals surface area contributed by atoms with Crippen molar-refractivity contribution in [1.29, 1.82) is 5.26 Å². The zero-order valence-electron chi connectivity index (χ0n) is 12.4. The van der Waals surface area contributed by atoms with Crippen LogP contribution in [0.1, 0.15) is 43.6 Å². The van der Waals surface area contributed by atoms with Crippen LogP contribution in [-0.4, -0.2) is 16.0 Å². The first-order valence-electron chi connectivity index (χ1n) is 7.23. The number of aryl methyl sites for hydroxylation is 1. The van der Waals surface area contributed by atoms with Crippen molar-refractivity contribution in [2.24, 2.45) is 0 Å². The second-order valence-electron chi connectivity index (χ2n) is 6.02. The minimum Gasteiger partial charge on any atom is -0.476 e. The number of rotatable bonds is 2. The van der Waals surface area contributed by atoms with E-state index in [9.17, 15) is 10.1 Å². The predicted molar refractivity (Wildman–Crippen MR) is 80.2 cm³/mol. The Balaban J connectivity index is 2.19. The summed E-state index contributed by atoms with van der Waals surface area (Å²) in [5.74, 6) is 0.136. The summed E-state index contributed by atoms with van der Waals surface area (Å²) in [6.45, 7) is 7.26. The van der Waals surface area contributed by atoms with Crippen LogP contribution in [0.5, 0.6) is 0 Å². The Morgan fingerprint density at radius 2 is 2.14 bits per heavy atom. The highest BCUT2D eigenvalue weighted by Crippen LogP contribution is 2.38. The molecule has 2 aliphatic rings. The molecule has 0 fully saturated rings. The monoisotopic (exact) mass is 282 g/mol. The average molecular weight is 282 g/mol. The molecular formula is C17H18N2O2. The number of Topliss-reactive ketones (excluding diaryl/α,β-unsaturated/α-hetero) is 1. The fourth-order valence-corrected chi connectivity index (χ4v) is 3.15. The lowest BCUT2D eigenvalue weighted by atomic mass is 9.98. The van der Waals surface area contributed by atoms with Crippen molar-refractivity contribution in [3.8, 4) is 6.07 Å². The van der Waals surface area contributed by atoms with Crippen LogP contribution in [-0.2, 0) is 22.4 Å². The molecular weight excluding hydrogens is 264 g/mol. The number of nitriles is 1. The van der Waals surface area contributed by atoms with Crippen LogP contribution in [0, 0.1) is 11.3 Å². The minimum absolute atomic E-state index is 0.109. The van der Waals surface area contributed by atoms with Crippen LogP contribution in [0.15, 0.2) is 18.2 Å². The van der Waals surface area contributed by atoms with Gasteiger partial charge in [-0.25, -0.2) is 0 Å². The molecule has 4 nitrogen and oxygen atoms in total. The molecule has 0 N–H and O–H groups in total. The van der Waals surface area contributed by atoms with Gasteiger partial charge in [-0.3, -0.25) is 4.79 Å². The van der Waals surface area contributed by atoms with Gasteiger partial charge in [-0.2, -0.15) is 5.26 Å². The summed E-state index contributed by atoms with van der Waals surface area (Å²) >= 11 is 0. The van der Waals surface area contributed by atoms with E-state index in [0.717, 1.165) is 25.0 Å². The van der Waals surface area contributed by atoms with Crippen molar-refractivity contribution < 1.29 is 9.53 Å². The van der Waals surface area contributed by atoms with E-state index in [1.807, 2.05) is 16.7 Å². The Morgan fingerprint density at radius 3 is 2.81 bits per heavy atom. The van der Waals surface area contributed by atoms with Crippen LogP contribution >= 0.6 is 0 Å². The fourth-order valence-electron chi connectivity index (χ4n) is 3.15. The van der Waals surface area contributed by atoms with Crippen molar-refractivity contribution in [3.05, 3.63) is 35.2 Å². The normalized spacial score (nSPS) is 20.0. The van der Waals surface area contributed by atoms with Gasteiger partial charge in [-0.05, 0) is 51.2 Å². The number of ether oxygens (including phenoxy) is 1. The smallest absolute Gasteiger partial charge is 0.220 e. The maximum Gasteiger partial charge on any atom is 0.220 e. The molecule has 0 saturated heterocycles. The van der Waals surface area contributed by atoms with E-state index in [4.69, 9.17) is 4.74 Å². The molecule has 108 valence electrons. The van der Waals surface area contributed by atoms with E-state index in [1.165, 1.54) is 17.7 Å². The summed E-state index contributed by atoms with van der Waals surface area (Å²) < 4.78 is 7.78. The molecule has 0 bridgehead atoms. The molecule has 0 atom stereocenters. The second-order valence-corrected chi connectivity index (χ2v) is 6.02. The Labute approximate surface area is 124 Å². The van der Waals surface area contributed by atoms with E-state index >= 15 is 0 Å². The first-order chi connectivity index (χ1) is 9.99. The van der Waals surface area contributed by atoms with Gasteiger partial charge in [-0.1, -0.05) is 6.58 Å². The largest absolute Gasteiger partial charge is 0.476 e. The number of ketones is 1. The van der Waals surface area contributed by atoms with Crippen LogP contribution in [0.4, 0.5) is 0 Å². The van der Waals surface area contributed by atoms with Gasteiger partial charge in [0, 0.05) is 11.9 Å². The van der Waals surface area contributed by atoms with Crippen LogP contribution < -0.4 is 0 Å². The maximum absolute atomic E-state index is 12.2. The summed E-state index contributed by atoms with van der Waals surface area (Å²) in [7, 11) is 0. The molecule has 1 aromatic rings. The molecule has 1 aliphatic carbocycles. The number of hydrogen-bond acceptors (Lipinski definition) is 3. The SMILES string of the molecule is C=Cn1c(C2=C(C#N)C(=O)C(C)(C)O2)cc2c1CCCC2. The van der Waals surface area contributed by atoms with E-state index in [0.29, 0.717) is 5.76 Å². The topological polar surface area (TPSA) is 55.0 Å². The molecule has 0 amide bonds. The molecule has 0 aromatic carbocycles. The molecule has 0 unspecified atom stereocenters. The highest BCUT2D eigenvalue weighted by Gasteiger charge is 2.43. The van der Waals surface area contributed by atoms with E-state index in [2.05, 4.69) is 6.58 Å². The number of carbonyl (C=O) groups excluding carboxylic acids is 1. The van der Waals surface area contributed by atoms with E-state index in [-0.39, 0.29) is 11.4 Å². The van der Waals surface area contributed by atoms with Crippen molar-refractivity contribution in [2.45, 2.75) is 45.1 Å². The Kier molecular flexibility index (Phi) is 3.02. The van der Waals surface area contributed by atoms with Crippen molar-refractivity contribution in [3.63, 3.8) is 0 Å². The lowest BCUT2D eigenvalue weighted by Gasteiger charge is -2.18. The maximum atomic E-state index is 12.2. The van der Waals surface area contributed by atoms with Crippen molar-refractivity contribution >= 4 is 17.7 Å². The summed E-state index contributed by atoms with van der Waals surface area (Å²) in [6.07, 6.45) is 6.08. The number of aromatic nitrogens is 1. The number of nitrogens with zero attached hydrogens (tertiary/aromatic N) is 2. The van der Waals surface area contributed by atoms with Gasteiger partial charge >= 0.3 is 0 Å². The number of hydrogen-bond donors (Lipinski definition) is 0. The fraction of sp³-hybridized carbons (Fsp3) is 0.412. The first kappa shape index (κ1) is 13.7. The summed E-state index contributed by atoms with van der Waals surface area (Å²) in [4.78, 5) is 12.2. The molecule has 0 saturated carbocycles. The van der Waals surface area contributed by atoms with Crippen molar-refractivity contribution in [1.82, 2.24) is 4.57 Å². The van der Waals surface area contributed by atoms with Gasteiger partial charge in [0.05, 0.1) is 5.69 Å². The Hall–Kier alpha value is -2.28. The summed E-state index contributed by atoms with van der Waals surface area (Å²) in [5.41, 5.74) is 2.39. The lowest BCUT2D eigenvalue weighted by molar-refractivity contribution is -0.126. The number of fused-ring (bicyclic) bond motifs is 1. The van der Waals surface area contributed by atoms with Crippen LogP contribution in [0.3, 0.4) is 0 Å². The molecule has 0 spiro atoms. The predicted octanol–water partition coefficient (Wildman–Crippen LogP) is 3.08. The first-order valence-corrected chi connectivity index (χ1v) is 7.23. The minimum atomic E-state index is -0.975. The van der Waals surface area contributed by atoms with Crippen molar-refractivity contribution in [2.75, 3.05) is 0 Å². The van der Waals surface area contributed by atoms with E-state index < -0.39 is 5.60 Å². The zero-order valence-corrected chi connectivity index (χ0v) is 12.4. The zero-order chi connectivity index (χ0) is 15.2. The molecule has 2 heterocycles. The third-order valence-corrected chi connectivity index (χ3v) is 4.23. The molecule has 4 heteroatoms. The molecule has 1 aromatic heterocycles. The highest BCUT2D eigenvalue weighted by atomic mass is 16.5. The third-order valence-electron chi connectivity index (χ3n) is 4.23. The molecule has 0 radical (unpaired) electrons. The van der Waals surface area contributed by atoms with Gasteiger partial charge in [0.2, 0.25) is 5.78 Å². The van der Waals surface area contributed by atoms with Crippen LogP contribution in [0.25, 0.3) is 12.0 Å². The standard InChI is InChI=1S/C17H18N2O2/c1-4-19-13-8-6-5-7-11(13)9-14(19)15-12(10-18)16(20)17(2,3)21-15/h4,9H,1,5-8H2,2-3H3. The molecule has 3 rings (SSSR count). The Morgan fingerprint density at radius 1 is 1.43 bits per heavy atom. The third kappa shape index (κ3) is 1.92. The molecule has 21 heavy (non-hydrogen) atoms. The second kappa shape index (κ2) is 4.63. The summed E-state index contributed by atoms with van der Waals surface area (Å²) in [6, 6.07) is 4.05. The van der Waals surface area contributed by atoms with Gasteiger partial charge in [0.25, 0.3) is 0 Å². The molecule has 1 aliphatic heterocycles. The van der Waals surface area contributed by atoms with Crippen LogP contribution in [0.2, 0.25) is 0 Å². The van der Waals surface area contributed by atoms with Gasteiger partial charge in [0.15, 0.2) is 11.4 Å². The number of carbonyl (C=O) groups is 1. The Bertz CT molecular complexity index is 714. The van der Waals surface area contributed by atoms with Gasteiger partial charge < -0.3 is 9.30 Å².